The van der Waals surface area contributed by atoms with Gasteiger partial charge in [0.05, 0.1) is 11.0 Å². The second-order valence-electron chi connectivity index (χ2n) is 5.97. The number of imidazole rings is 1. The zero-order valence-electron chi connectivity index (χ0n) is 12.0. The Morgan fingerprint density at radius 3 is 2.52 bits per heavy atom. The lowest BCUT2D eigenvalue weighted by Crippen LogP contribution is -1.91. The summed E-state index contributed by atoms with van der Waals surface area (Å²) in [7, 11) is 0. The summed E-state index contributed by atoms with van der Waals surface area (Å²) in [5.74, 6) is 1.67. The number of nitrogens with two attached hydrogens (primary N) is 1. The van der Waals surface area contributed by atoms with Gasteiger partial charge in [0, 0.05) is 11.3 Å². The molecule has 0 bridgehead atoms. The molecule has 0 unspecified atom stereocenters. The summed E-state index contributed by atoms with van der Waals surface area (Å²) in [6.07, 6.45) is 5.42. The molecule has 21 heavy (non-hydrogen) atoms. The SMILES string of the molecule is Nc1ccc2[nH]c(-c3ccc(C4CCCC4)cc3)nc2c1. The van der Waals surface area contributed by atoms with E-state index < -0.39 is 0 Å². The molecule has 1 aromatic heterocycles. The first-order valence-corrected chi connectivity index (χ1v) is 7.65. The van der Waals surface area contributed by atoms with E-state index in [1.54, 1.807) is 0 Å². The maximum Gasteiger partial charge on any atom is 0.138 e. The Morgan fingerprint density at radius 2 is 1.76 bits per heavy atom. The molecule has 1 fully saturated rings. The molecule has 0 radical (unpaired) electrons. The van der Waals surface area contributed by atoms with Crippen molar-refractivity contribution in [3.05, 3.63) is 48.0 Å². The number of rotatable bonds is 2. The molecule has 0 atom stereocenters. The van der Waals surface area contributed by atoms with Gasteiger partial charge in [-0.15, -0.1) is 0 Å². The van der Waals surface area contributed by atoms with Crippen LogP contribution in [0.5, 0.6) is 0 Å². The van der Waals surface area contributed by atoms with Gasteiger partial charge in [-0.2, -0.15) is 0 Å². The van der Waals surface area contributed by atoms with Crippen LogP contribution in [0.15, 0.2) is 42.5 Å². The second kappa shape index (κ2) is 4.92. The lowest BCUT2D eigenvalue weighted by molar-refractivity contribution is 0.723. The molecule has 0 spiro atoms. The smallest absolute Gasteiger partial charge is 0.138 e. The Kier molecular flexibility index (Phi) is 2.92. The summed E-state index contributed by atoms with van der Waals surface area (Å²) in [6.45, 7) is 0. The number of anilines is 1. The van der Waals surface area contributed by atoms with Crippen molar-refractivity contribution in [1.29, 1.82) is 0 Å². The van der Waals surface area contributed by atoms with E-state index in [9.17, 15) is 0 Å². The summed E-state index contributed by atoms with van der Waals surface area (Å²) in [5.41, 5.74) is 11.1. The van der Waals surface area contributed by atoms with Crippen LogP contribution in [-0.4, -0.2) is 9.97 Å². The van der Waals surface area contributed by atoms with Crippen LogP contribution in [0.3, 0.4) is 0 Å². The van der Waals surface area contributed by atoms with Gasteiger partial charge in [-0.1, -0.05) is 37.1 Å². The third kappa shape index (κ3) is 2.29. The Bertz CT molecular complexity index is 765. The van der Waals surface area contributed by atoms with Crippen LogP contribution < -0.4 is 5.73 Å². The van der Waals surface area contributed by atoms with Gasteiger partial charge in [0.1, 0.15) is 5.82 Å². The average Bonchev–Trinajstić information content (AvgIpc) is 3.16. The first-order chi connectivity index (χ1) is 10.3. The van der Waals surface area contributed by atoms with Crippen molar-refractivity contribution in [2.75, 3.05) is 5.73 Å². The molecule has 0 saturated heterocycles. The Morgan fingerprint density at radius 1 is 1.00 bits per heavy atom. The number of nitrogens with zero attached hydrogens (tertiary/aromatic N) is 1. The molecule has 3 aromatic rings. The van der Waals surface area contributed by atoms with Gasteiger partial charge in [0.15, 0.2) is 0 Å². The van der Waals surface area contributed by atoms with Crippen molar-refractivity contribution in [2.24, 2.45) is 0 Å². The van der Waals surface area contributed by atoms with E-state index in [1.165, 1.54) is 31.2 Å². The maximum absolute atomic E-state index is 5.81. The van der Waals surface area contributed by atoms with Crippen molar-refractivity contribution >= 4 is 16.7 Å². The van der Waals surface area contributed by atoms with Crippen LogP contribution in [0.25, 0.3) is 22.4 Å². The minimum absolute atomic E-state index is 0.747. The molecule has 1 heterocycles. The highest BCUT2D eigenvalue weighted by Gasteiger charge is 2.17. The summed E-state index contributed by atoms with van der Waals surface area (Å²) in [5, 5.41) is 0. The highest BCUT2D eigenvalue weighted by Crippen LogP contribution is 2.34. The number of H-pyrrole nitrogens is 1. The third-order valence-corrected chi connectivity index (χ3v) is 4.52. The summed E-state index contributed by atoms with van der Waals surface area (Å²) < 4.78 is 0. The zero-order valence-corrected chi connectivity index (χ0v) is 12.0. The molecule has 1 aliphatic rings. The lowest BCUT2D eigenvalue weighted by Gasteiger charge is -2.09. The molecule has 1 saturated carbocycles. The number of fused-ring (bicyclic) bond motifs is 1. The number of aromatic nitrogens is 2. The number of aromatic amines is 1. The fourth-order valence-electron chi connectivity index (χ4n) is 3.33. The molecular formula is C18H19N3. The van der Waals surface area contributed by atoms with E-state index >= 15 is 0 Å². The predicted molar refractivity (Wildman–Crippen MR) is 87.2 cm³/mol. The van der Waals surface area contributed by atoms with Crippen LogP contribution >= 0.6 is 0 Å². The zero-order chi connectivity index (χ0) is 14.2. The highest BCUT2D eigenvalue weighted by molar-refractivity contribution is 5.82. The van der Waals surface area contributed by atoms with E-state index in [2.05, 4.69) is 34.2 Å². The summed E-state index contributed by atoms with van der Waals surface area (Å²) in [6, 6.07) is 14.6. The Balaban J connectivity index is 1.67. The van der Waals surface area contributed by atoms with Gasteiger partial charge in [-0.25, -0.2) is 4.98 Å². The van der Waals surface area contributed by atoms with Crippen LogP contribution in [0.1, 0.15) is 37.2 Å². The van der Waals surface area contributed by atoms with Gasteiger partial charge in [-0.3, -0.25) is 0 Å². The summed E-state index contributed by atoms with van der Waals surface area (Å²) in [4.78, 5) is 8.00. The first kappa shape index (κ1) is 12.5. The number of benzene rings is 2. The number of hydrogen-bond acceptors (Lipinski definition) is 2. The average molecular weight is 277 g/mol. The standard InChI is InChI=1S/C18H19N3/c19-15-9-10-16-17(11-15)21-18(20-16)14-7-5-13(6-8-14)12-3-1-2-4-12/h5-12H,1-4,19H2,(H,20,21). The second-order valence-corrected chi connectivity index (χ2v) is 5.97. The topological polar surface area (TPSA) is 54.7 Å². The van der Waals surface area contributed by atoms with Crippen molar-refractivity contribution in [2.45, 2.75) is 31.6 Å². The van der Waals surface area contributed by atoms with E-state index in [4.69, 9.17) is 5.73 Å². The number of nitrogens with one attached hydrogen (secondary N) is 1. The van der Waals surface area contributed by atoms with Crippen LogP contribution in [0.4, 0.5) is 5.69 Å². The van der Waals surface area contributed by atoms with Gasteiger partial charge in [-0.05, 0) is 42.5 Å². The maximum atomic E-state index is 5.81. The quantitative estimate of drug-likeness (QED) is 0.679. The fourth-order valence-corrected chi connectivity index (χ4v) is 3.33. The van der Waals surface area contributed by atoms with E-state index in [1.807, 2.05) is 18.2 Å². The van der Waals surface area contributed by atoms with Crippen molar-refractivity contribution in [3.63, 3.8) is 0 Å². The van der Waals surface area contributed by atoms with Crippen LogP contribution in [-0.2, 0) is 0 Å². The molecule has 0 aliphatic heterocycles. The van der Waals surface area contributed by atoms with E-state index in [0.29, 0.717) is 0 Å². The van der Waals surface area contributed by atoms with E-state index in [0.717, 1.165) is 34.0 Å². The summed E-state index contributed by atoms with van der Waals surface area (Å²) >= 11 is 0. The minimum Gasteiger partial charge on any atom is -0.399 e. The molecule has 3 N–H and O–H groups in total. The van der Waals surface area contributed by atoms with Crippen LogP contribution in [0.2, 0.25) is 0 Å². The number of hydrogen-bond donors (Lipinski definition) is 2. The van der Waals surface area contributed by atoms with Crippen molar-refractivity contribution < 1.29 is 0 Å². The van der Waals surface area contributed by atoms with Gasteiger partial charge in [0.2, 0.25) is 0 Å². The predicted octanol–water partition coefficient (Wildman–Crippen LogP) is 4.47. The molecule has 106 valence electrons. The van der Waals surface area contributed by atoms with E-state index in [-0.39, 0.29) is 0 Å². The molecule has 2 aromatic carbocycles. The van der Waals surface area contributed by atoms with Gasteiger partial charge in [0.25, 0.3) is 0 Å². The number of nitrogen functional groups attached to an aromatic ring is 1. The highest BCUT2D eigenvalue weighted by atomic mass is 14.9. The van der Waals surface area contributed by atoms with Crippen molar-refractivity contribution in [3.8, 4) is 11.4 Å². The molecule has 3 nitrogen and oxygen atoms in total. The fraction of sp³-hybridized carbons (Fsp3) is 0.278. The monoisotopic (exact) mass is 277 g/mol. The van der Waals surface area contributed by atoms with Crippen LogP contribution in [0, 0.1) is 0 Å². The Labute approximate surface area is 124 Å². The van der Waals surface area contributed by atoms with Crippen molar-refractivity contribution in [1.82, 2.24) is 9.97 Å². The largest absolute Gasteiger partial charge is 0.399 e. The molecule has 0 amide bonds. The lowest BCUT2D eigenvalue weighted by atomic mass is 9.97. The minimum atomic E-state index is 0.747. The molecular weight excluding hydrogens is 258 g/mol. The van der Waals surface area contributed by atoms with Gasteiger partial charge >= 0.3 is 0 Å². The Hall–Kier alpha value is -2.29. The molecule has 1 aliphatic carbocycles. The normalized spacial score (nSPS) is 15.8. The van der Waals surface area contributed by atoms with Gasteiger partial charge < -0.3 is 10.7 Å². The molecule has 3 heteroatoms. The first-order valence-electron chi connectivity index (χ1n) is 7.65. The molecule has 4 rings (SSSR count). The third-order valence-electron chi connectivity index (χ3n) is 4.52.